The lowest BCUT2D eigenvalue weighted by molar-refractivity contribution is -0.144. The van der Waals surface area contributed by atoms with Crippen LogP contribution >= 0.6 is 0 Å². The number of rotatable bonds is 6. The number of phenolic OH excluding ortho intramolecular Hbond substituents is 1. The van der Waals surface area contributed by atoms with Crippen LogP contribution in [0, 0.1) is 5.92 Å². The molecule has 0 aliphatic carbocycles. The van der Waals surface area contributed by atoms with Gasteiger partial charge >= 0.3 is 5.97 Å². The van der Waals surface area contributed by atoms with E-state index in [4.69, 9.17) is 9.47 Å². The van der Waals surface area contributed by atoms with Crippen molar-refractivity contribution in [2.75, 3.05) is 14.2 Å². The first-order chi connectivity index (χ1) is 8.99. The number of hydrogen-bond donors (Lipinski definition) is 2. The largest absolute Gasteiger partial charge is 0.507 e. The number of esters is 1. The van der Waals surface area contributed by atoms with Gasteiger partial charge in [0.1, 0.15) is 17.5 Å². The molecule has 0 spiro atoms. The molecular formula is C14H21NO4. The van der Waals surface area contributed by atoms with Crippen LogP contribution in [0.25, 0.3) is 0 Å². The molecule has 1 unspecified atom stereocenters. The molecule has 0 fully saturated rings. The van der Waals surface area contributed by atoms with Crippen LogP contribution in [0.15, 0.2) is 18.2 Å². The molecule has 0 saturated heterocycles. The molecule has 0 radical (unpaired) electrons. The normalized spacial score (nSPS) is 12.3. The number of ether oxygens (including phenoxy) is 2. The van der Waals surface area contributed by atoms with Crippen LogP contribution in [0.5, 0.6) is 11.5 Å². The number of benzene rings is 1. The summed E-state index contributed by atoms with van der Waals surface area (Å²) in [5.74, 6) is 0.532. The van der Waals surface area contributed by atoms with Gasteiger partial charge in [0.2, 0.25) is 0 Å². The van der Waals surface area contributed by atoms with E-state index in [1.807, 2.05) is 13.8 Å². The second kappa shape index (κ2) is 6.99. The number of phenols is 1. The summed E-state index contributed by atoms with van der Waals surface area (Å²) < 4.78 is 9.76. The number of carbonyl (C=O) groups excluding carboxylic acids is 1. The van der Waals surface area contributed by atoms with E-state index in [9.17, 15) is 9.90 Å². The molecule has 0 aromatic heterocycles. The fourth-order valence-corrected chi connectivity index (χ4v) is 1.76. The second-order valence-electron chi connectivity index (χ2n) is 4.62. The number of nitrogens with one attached hydrogen (secondary N) is 1. The average molecular weight is 267 g/mol. The summed E-state index contributed by atoms with van der Waals surface area (Å²) in [5, 5.41) is 12.9. The lowest BCUT2D eigenvalue weighted by atomic mass is 10.0. The van der Waals surface area contributed by atoms with Crippen molar-refractivity contribution >= 4 is 5.97 Å². The minimum Gasteiger partial charge on any atom is -0.507 e. The summed E-state index contributed by atoms with van der Waals surface area (Å²) in [6, 6.07) is 4.67. The van der Waals surface area contributed by atoms with Gasteiger partial charge in [0.25, 0.3) is 0 Å². The van der Waals surface area contributed by atoms with Gasteiger partial charge in [-0.15, -0.1) is 0 Å². The summed E-state index contributed by atoms with van der Waals surface area (Å²) in [4.78, 5) is 11.6. The van der Waals surface area contributed by atoms with Crippen molar-refractivity contribution in [3.8, 4) is 11.5 Å². The SMILES string of the molecule is COC(=O)C(NCc1ccc(OC)cc1O)C(C)C. The van der Waals surface area contributed by atoms with E-state index in [1.54, 1.807) is 25.3 Å². The van der Waals surface area contributed by atoms with Crippen molar-refractivity contribution in [3.05, 3.63) is 23.8 Å². The minimum atomic E-state index is -0.397. The Labute approximate surface area is 113 Å². The highest BCUT2D eigenvalue weighted by atomic mass is 16.5. The van der Waals surface area contributed by atoms with Crippen molar-refractivity contribution in [2.45, 2.75) is 26.4 Å². The Morgan fingerprint density at radius 3 is 2.53 bits per heavy atom. The van der Waals surface area contributed by atoms with E-state index in [0.29, 0.717) is 17.9 Å². The lowest BCUT2D eigenvalue weighted by Crippen LogP contribution is -2.41. The number of carbonyl (C=O) groups is 1. The number of aromatic hydroxyl groups is 1. The van der Waals surface area contributed by atoms with Gasteiger partial charge in [-0.2, -0.15) is 0 Å². The van der Waals surface area contributed by atoms with E-state index in [2.05, 4.69) is 5.32 Å². The Hall–Kier alpha value is -1.75. The first-order valence-corrected chi connectivity index (χ1v) is 6.16. The predicted molar refractivity (Wildman–Crippen MR) is 72.1 cm³/mol. The summed E-state index contributed by atoms with van der Waals surface area (Å²) in [7, 11) is 2.91. The average Bonchev–Trinajstić information content (AvgIpc) is 2.39. The van der Waals surface area contributed by atoms with Crippen LogP contribution in [0.3, 0.4) is 0 Å². The molecule has 5 heteroatoms. The topological polar surface area (TPSA) is 67.8 Å². The Balaban J connectivity index is 2.71. The molecule has 0 aliphatic heterocycles. The Bertz CT molecular complexity index is 431. The Morgan fingerprint density at radius 1 is 1.37 bits per heavy atom. The van der Waals surface area contributed by atoms with Crippen molar-refractivity contribution < 1.29 is 19.4 Å². The maximum atomic E-state index is 11.6. The zero-order valence-electron chi connectivity index (χ0n) is 11.8. The first-order valence-electron chi connectivity index (χ1n) is 6.16. The molecule has 1 atom stereocenters. The Morgan fingerprint density at radius 2 is 2.05 bits per heavy atom. The van der Waals surface area contributed by atoms with E-state index in [-0.39, 0.29) is 17.6 Å². The molecule has 0 amide bonds. The van der Waals surface area contributed by atoms with Gasteiger partial charge in [-0.3, -0.25) is 10.1 Å². The summed E-state index contributed by atoms with van der Waals surface area (Å²) in [6.07, 6.45) is 0. The molecule has 0 saturated carbocycles. The summed E-state index contributed by atoms with van der Waals surface area (Å²) in [5.41, 5.74) is 0.704. The van der Waals surface area contributed by atoms with Crippen LogP contribution in [-0.2, 0) is 16.1 Å². The molecular weight excluding hydrogens is 246 g/mol. The van der Waals surface area contributed by atoms with E-state index < -0.39 is 6.04 Å². The van der Waals surface area contributed by atoms with Gasteiger partial charge in [0.15, 0.2) is 0 Å². The predicted octanol–water partition coefficient (Wildman–Crippen LogP) is 1.69. The van der Waals surface area contributed by atoms with Gasteiger partial charge in [-0.1, -0.05) is 19.9 Å². The van der Waals surface area contributed by atoms with Gasteiger partial charge in [0.05, 0.1) is 14.2 Å². The van der Waals surface area contributed by atoms with Crippen LogP contribution < -0.4 is 10.1 Å². The molecule has 0 aliphatic rings. The van der Waals surface area contributed by atoms with E-state index >= 15 is 0 Å². The maximum Gasteiger partial charge on any atom is 0.323 e. The highest BCUT2D eigenvalue weighted by Gasteiger charge is 2.22. The van der Waals surface area contributed by atoms with Crippen LogP contribution in [0.4, 0.5) is 0 Å². The highest BCUT2D eigenvalue weighted by Crippen LogP contribution is 2.23. The van der Waals surface area contributed by atoms with Gasteiger partial charge in [-0.25, -0.2) is 0 Å². The van der Waals surface area contributed by atoms with E-state index in [0.717, 1.165) is 0 Å². The summed E-state index contributed by atoms with van der Waals surface area (Å²) >= 11 is 0. The number of hydrogen-bond acceptors (Lipinski definition) is 5. The monoisotopic (exact) mass is 267 g/mol. The van der Waals surface area contributed by atoms with E-state index in [1.165, 1.54) is 7.11 Å². The first kappa shape index (κ1) is 15.3. The number of methoxy groups -OCH3 is 2. The van der Waals surface area contributed by atoms with Gasteiger partial charge in [-0.05, 0) is 12.0 Å². The van der Waals surface area contributed by atoms with Crippen LogP contribution in [0.2, 0.25) is 0 Å². The quantitative estimate of drug-likeness (QED) is 0.768. The third-order valence-electron chi connectivity index (χ3n) is 2.93. The van der Waals surface area contributed by atoms with Crippen molar-refractivity contribution in [3.63, 3.8) is 0 Å². The van der Waals surface area contributed by atoms with Crippen LogP contribution in [0.1, 0.15) is 19.4 Å². The standard InChI is InChI=1S/C14H21NO4/c1-9(2)13(14(17)19-4)15-8-10-5-6-11(18-3)7-12(10)16/h5-7,9,13,15-16H,8H2,1-4H3. The Kier molecular flexibility index (Phi) is 5.63. The maximum absolute atomic E-state index is 11.6. The van der Waals surface area contributed by atoms with Crippen LogP contribution in [-0.4, -0.2) is 31.3 Å². The second-order valence-corrected chi connectivity index (χ2v) is 4.62. The molecule has 19 heavy (non-hydrogen) atoms. The molecule has 106 valence electrons. The van der Waals surface area contributed by atoms with Gasteiger partial charge < -0.3 is 14.6 Å². The molecule has 2 N–H and O–H groups in total. The molecule has 1 aromatic rings. The third-order valence-corrected chi connectivity index (χ3v) is 2.93. The van der Waals surface area contributed by atoms with Crippen molar-refractivity contribution in [2.24, 2.45) is 5.92 Å². The zero-order chi connectivity index (χ0) is 14.4. The lowest BCUT2D eigenvalue weighted by Gasteiger charge is -2.20. The molecule has 0 bridgehead atoms. The van der Waals surface area contributed by atoms with Gasteiger partial charge in [0, 0.05) is 18.2 Å². The third kappa shape index (κ3) is 4.13. The molecule has 1 aromatic carbocycles. The minimum absolute atomic E-state index is 0.104. The summed E-state index contributed by atoms with van der Waals surface area (Å²) in [6.45, 7) is 4.25. The molecule has 0 heterocycles. The fraction of sp³-hybridized carbons (Fsp3) is 0.500. The highest BCUT2D eigenvalue weighted by molar-refractivity contribution is 5.75. The van der Waals surface area contributed by atoms with Crippen molar-refractivity contribution in [1.29, 1.82) is 0 Å². The zero-order valence-corrected chi connectivity index (χ0v) is 11.8. The molecule has 5 nitrogen and oxygen atoms in total. The fourth-order valence-electron chi connectivity index (χ4n) is 1.76. The molecule has 1 rings (SSSR count). The smallest absolute Gasteiger partial charge is 0.323 e. The van der Waals surface area contributed by atoms with Crippen molar-refractivity contribution in [1.82, 2.24) is 5.32 Å².